The zero-order valence-corrected chi connectivity index (χ0v) is 12.1. The van der Waals surface area contributed by atoms with Crippen LogP contribution in [0, 0.1) is 23.7 Å². The van der Waals surface area contributed by atoms with E-state index in [1.54, 1.807) is 11.4 Å². The molecule has 4 N–H and O–H groups in total. The number of aliphatic carboxylic acids is 1. The topological polar surface area (TPSA) is 109 Å². The van der Waals surface area contributed by atoms with Gasteiger partial charge in [0.2, 0.25) is 5.91 Å². The Labute approximate surface area is 125 Å². The summed E-state index contributed by atoms with van der Waals surface area (Å²) in [6.07, 6.45) is 2.60. The minimum absolute atomic E-state index is 0.0993. The van der Waals surface area contributed by atoms with Crippen LogP contribution in [0.5, 0.6) is 0 Å². The van der Waals surface area contributed by atoms with Gasteiger partial charge in [0.05, 0.1) is 17.4 Å². The predicted molar refractivity (Wildman–Crippen MR) is 76.9 cm³/mol. The summed E-state index contributed by atoms with van der Waals surface area (Å²) in [5.41, 5.74) is 5.51. The van der Waals surface area contributed by atoms with E-state index >= 15 is 0 Å². The highest BCUT2D eigenvalue weighted by atomic mass is 32.1. The first kappa shape index (κ1) is 14.1. The van der Waals surface area contributed by atoms with Gasteiger partial charge in [-0.3, -0.25) is 14.4 Å². The molecule has 2 bridgehead atoms. The fraction of sp³-hybridized carbons (Fsp3) is 0.500. The third-order valence-corrected chi connectivity index (χ3v) is 5.50. The zero-order chi connectivity index (χ0) is 15.1. The van der Waals surface area contributed by atoms with Gasteiger partial charge in [-0.25, -0.2) is 0 Å². The average molecular weight is 308 g/mol. The first-order valence-electron chi connectivity index (χ1n) is 6.90. The molecule has 7 heteroatoms. The number of carboxylic acids is 1. The largest absolute Gasteiger partial charge is 0.481 e. The lowest BCUT2D eigenvalue weighted by Crippen LogP contribution is -2.38. The van der Waals surface area contributed by atoms with E-state index in [0.717, 1.165) is 19.3 Å². The van der Waals surface area contributed by atoms with Crippen molar-refractivity contribution in [1.29, 1.82) is 0 Å². The lowest BCUT2D eigenvalue weighted by molar-refractivity contribution is -0.148. The molecule has 1 aromatic heterocycles. The van der Waals surface area contributed by atoms with E-state index in [9.17, 15) is 19.5 Å². The van der Waals surface area contributed by atoms with E-state index in [2.05, 4.69) is 5.32 Å². The van der Waals surface area contributed by atoms with E-state index in [-0.39, 0.29) is 23.3 Å². The maximum Gasteiger partial charge on any atom is 0.307 e. The van der Waals surface area contributed by atoms with E-state index in [0.29, 0.717) is 5.00 Å². The molecule has 0 saturated heterocycles. The maximum atomic E-state index is 12.5. The first-order valence-corrected chi connectivity index (χ1v) is 7.78. The number of anilines is 1. The van der Waals surface area contributed by atoms with Crippen LogP contribution >= 0.6 is 11.3 Å². The van der Waals surface area contributed by atoms with Gasteiger partial charge in [0, 0.05) is 0 Å². The fourth-order valence-corrected chi connectivity index (χ4v) is 4.61. The molecule has 0 unspecified atom stereocenters. The first-order chi connectivity index (χ1) is 9.99. The summed E-state index contributed by atoms with van der Waals surface area (Å²) in [5, 5.41) is 14.1. The highest BCUT2D eigenvalue weighted by molar-refractivity contribution is 7.14. The van der Waals surface area contributed by atoms with Gasteiger partial charge in [0.1, 0.15) is 5.00 Å². The Morgan fingerprint density at radius 2 is 1.90 bits per heavy atom. The summed E-state index contributed by atoms with van der Waals surface area (Å²) in [6.45, 7) is 0. The van der Waals surface area contributed by atoms with Gasteiger partial charge in [-0.05, 0) is 42.5 Å². The van der Waals surface area contributed by atoms with Crippen molar-refractivity contribution in [2.75, 3.05) is 5.32 Å². The van der Waals surface area contributed by atoms with Crippen LogP contribution in [0.2, 0.25) is 0 Å². The number of carbonyl (C=O) groups excluding carboxylic acids is 2. The molecule has 6 nitrogen and oxygen atoms in total. The highest BCUT2D eigenvalue weighted by Crippen LogP contribution is 2.52. The van der Waals surface area contributed by atoms with Gasteiger partial charge in [-0.2, -0.15) is 0 Å². The van der Waals surface area contributed by atoms with Crippen LogP contribution in [0.4, 0.5) is 5.00 Å². The lowest BCUT2D eigenvalue weighted by atomic mass is 9.79. The maximum absolute atomic E-state index is 12.5. The van der Waals surface area contributed by atoms with Crippen molar-refractivity contribution in [3.63, 3.8) is 0 Å². The molecule has 0 radical (unpaired) electrons. The Morgan fingerprint density at radius 1 is 1.24 bits per heavy atom. The number of hydrogen-bond acceptors (Lipinski definition) is 4. The smallest absolute Gasteiger partial charge is 0.307 e. The second-order valence-corrected chi connectivity index (χ2v) is 6.66. The van der Waals surface area contributed by atoms with Crippen molar-refractivity contribution in [3.05, 3.63) is 17.0 Å². The molecular weight excluding hydrogens is 292 g/mol. The van der Waals surface area contributed by atoms with Crippen LogP contribution in [0.3, 0.4) is 0 Å². The van der Waals surface area contributed by atoms with Gasteiger partial charge in [0.15, 0.2) is 0 Å². The number of carboxylic acid groups (broad SMARTS) is 1. The number of primary amides is 1. The lowest BCUT2D eigenvalue weighted by Gasteiger charge is -2.26. The van der Waals surface area contributed by atoms with Crippen molar-refractivity contribution in [2.24, 2.45) is 29.4 Å². The number of thiophene rings is 1. The number of hydrogen-bond donors (Lipinski definition) is 3. The zero-order valence-electron chi connectivity index (χ0n) is 11.2. The average Bonchev–Trinajstić information content (AvgIpc) is 3.11. The molecule has 3 rings (SSSR count). The van der Waals surface area contributed by atoms with Crippen molar-refractivity contribution in [1.82, 2.24) is 0 Å². The van der Waals surface area contributed by atoms with E-state index in [4.69, 9.17) is 5.73 Å². The number of nitrogens with two attached hydrogens (primary N) is 1. The molecule has 0 aliphatic heterocycles. The Balaban J connectivity index is 1.80. The third kappa shape index (κ3) is 2.31. The highest BCUT2D eigenvalue weighted by Gasteiger charge is 2.54. The molecule has 2 fully saturated rings. The molecular formula is C14H16N2O4S. The molecule has 0 spiro atoms. The summed E-state index contributed by atoms with van der Waals surface area (Å²) in [5.74, 6) is -2.70. The molecule has 2 amide bonds. The fourth-order valence-electron chi connectivity index (χ4n) is 3.82. The van der Waals surface area contributed by atoms with E-state index in [1.807, 2.05) is 0 Å². The minimum atomic E-state index is -0.899. The summed E-state index contributed by atoms with van der Waals surface area (Å²) in [4.78, 5) is 35.2. The number of fused-ring (bicyclic) bond motifs is 2. The summed E-state index contributed by atoms with van der Waals surface area (Å²) in [7, 11) is 0. The predicted octanol–water partition coefficient (Wildman–Crippen LogP) is 1.53. The van der Waals surface area contributed by atoms with Crippen molar-refractivity contribution < 1.29 is 19.5 Å². The monoisotopic (exact) mass is 308 g/mol. The van der Waals surface area contributed by atoms with Crippen molar-refractivity contribution in [3.8, 4) is 0 Å². The van der Waals surface area contributed by atoms with Crippen molar-refractivity contribution in [2.45, 2.75) is 19.3 Å². The van der Waals surface area contributed by atoms with Crippen LogP contribution in [-0.4, -0.2) is 22.9 Å². The standard InChI is InChI=1S/C14H16N2O4S/c15-11(17)8-3-4-21-13(8)16-12(18)9-6-1-2-7(5-6)10(9)14(19)20/h3-4,6-7,9-10H,1-2,5H2,(H2,15,17)(H,16,18)(H,19,20)/t6-,7-,9-,10-/m0/s1. The van der Waals surface area contributed by atoms with Crippen LogP contribution in [0.15, 0.2) is 11.4 Å². The Bertz CT molecular complexity index is 612. The van der Waals surface area contributed by atoms with Crippen LogP contribution < -0.4 is 11.1 Å². The third-order valence-electron chi connectivity index (χ3n) is 4.67. The number of rotatable bonds is 4. The van der Waals surface area contributed by atoms with Crippen LogP contribution in [0.1, 0.15) is 29.6 Å². The number of nitrogens with one attached hydrogen (secondary N) is 1. The van der Waals surface area contributed by atoms with Gasteiger partial charge in [-0.1, -0.05) is 0 Å². The molecule has 2 aliphatic carbocycles. The Morgan fingerprint density at radius 3 is 2.52 bits per heavy atom. The summed E-state index contributed by atoms with van der Waals surface area (Å²) >= 11 is 1.21. The van der Waals surface area contributed by atoms with Gasteiger partial charge >= 0.3 is 5.97 Å². The Kier molecular flexibility index (Phi) is 3.44. The minimum Gasteiger partial charge on any atom is -0.481 e. The molecule has 2 aliphatic rings. The second-order valence-electron chi connectivity index (χ2n) is 5.74. The molecule has 21 heavy (non-hydrogen) atoms. The van der Waals surface area contributed by atoms with E-state index < -0.39 is 23.7 Å². The van der Waals surface area contributed by atoms with Gasteiger partial charge in [-0.15, -0.1) is 11.3 Å². The molecule has 2 saturated carbocycles. The normalized spacial score (nSPS) is 30.3. The molecule has 1 heterocycles. The van der Waals surface area contributed by atoms with Gasteiger partial charge < -0.3 is 16.2 Å². The molecule has 4 atom stereocenters. The van der Waals surface area contributed by atoms with Crippen LogP contribution in [-0.2, 0) is 9.59 Å². The second kappa shape index (κ2) is 5.14. The number of carbonyl (C=O) groups is 3. The van der Waals surface area contributed by atoms with Gasteiger partial charge in [0.25, 0.3) is 5.91 Å². The quantitative estimate of drug-likeness (QED) is 0.783. The molecule has 112 valence electrons. The molecule has 0 aromatic carbocycles. The summed E-state index contributed by atoms with van der Waals surface area (Å²) in [6, 6.07) is 1.55. The summed E-state index contributed by atoms with van der Waals surface area (Å²) < 4.78 is 0. The Hall–Kier alpha value is -1.89. The molecule has 1 aromatic rings. The van der Waals surface area contributed by atoms with E-state index in [1.165, 1.54) is 11.3 Å². The number of amides is 2. The SMILES string of the molecule is NC(=O)c1ccsc1NC(=O)[C@H]1[C@H]2CC[C@@H](C2)[C@@H]1C(=O)O. The van der Waals surface area contributed by atoms with Crippen LogP contribution in [0.25, 0.3) is 0 Å². The van der Waals surface area contributed by atoms with Crippen molar-refractivity contribution >= 4 is 34.1 Å².